The van der Waals surface area contributed by atoms with Gasteiger partial charge in [-0.1, -0.05) is 5.16 Å². The maximum Gasteiger partial charge on any atom is 0.255 e. The first-order chi connectivity index (χ1) is 13.3. The fraction of sp³-hybridized carbons (Fsp3) is 0.556. The molecule has 2 aliphatic rings. The van der Waals surface area contributed by atoms with Crippen molar-refractivity contribution in [2.45, 2.75) is 38.1 Å². The summed E-state index contributed by atoms with van der Waals surface area (Å²) in [4.78, 5) is 22.6. The highest BCUT2D eigenvalue weighted by atomic mass is 32.2. The van der Waals surface area contributed by atoms with Crippen LogP contribution in [0.5, 0.6) is 0 Å². The Morgan fingerprint density at radius 1 is 1.32 bits per heavy atom. The number of nitrogens with zero attached hydrogens (tertiary/aromatic N) is 5. The Bertz CT molecular complexity index is 979. The van der Waals surface area contributed by atoms with Crippen molar-refractivity contribution in [2.75, 3.05) is 25.9 Å². The number of carbonyl (C=O) groups excluding carboxylic acids is 1. The Labute approximate surface area is 163 Å². The number of pyridine rings is 1. The summed E-state index contributed by atoms with van der Waals surface area (Å²) in [7, 11) is -3.42. The summed E-state index contributed by atoms with van der Waals surface area (Å²) in [6, 6.07) is 1.54. The monoisotopic (exact) mass is 405 g/mol. The Kier molecular flexibility index (Phi) is 4.92. The van der Waals surface area contributed by atoms with Crippen LogP contribution in [-0.2, 0) is 16.4 Å². The molecule has 1 aliphatic carbocycles. The van der Waals surface area contributed by atoms with Gasteiger partial charge in [-0.05, 0) is 31.4 Å². The highest BCUT2D eigenvalue weighted by Gasteiger charge is 2.39. The van der Waals surface area contributed by atoms with E-state index < -0.39 is 10.0 Å². The molecule has 28 heavy (non-hydrogen) atoms. The van der Waals surface area contributed by atoms with Crippen LogP contribution in [0.1, 0.15) is 46.4 Å². The summed E-state index contributed by atoms with van der Waals surface area (Å²) in [6.07, 6.45) is 6.93. The fourth-order valence-electron chi connectivity index (χ4n) is 3.35. The van der Waals surface area contributed by atoms with Crippen LogP contribution in [0, 0.1) is 6.92 Å². The number of sulfonamides is 1. The number of aryl methyl sites for hydroxylation is 1. The predicted octanol–water partition coefficient (Wildman–Crippen LogP) is 0.979. The van der Waals surface area contributed by atoms with Crippen LogP contribution in [0.25, 0.3) is 0 Å². The molecule has 0 N–H and O–H groups in total. The zero-order valence-electron chi connectivity index (χ0n) is 15.9. The summed E-state index contributed by atoms with van der Waals surface area (Å²) >= 11 is 0. The van der Waals surface area contributed by atoms with Crippen molar-refractivity contribution < 1.29 is 17.7 Å². The first-order valence-electron chi connectivity index (χ1n) is 9.31. The molecule has 1 amide bonds. The van der Waals surface area contributed by atoms with Crippen LogP contribution in [0.15, 0.2) is 23.0 Å². The van der Waals surface area contributed by atoms with E-state index in [9.17, 15) is 13.2 Å². The van der Waals surface area contributed by atoms with Crippen LogP contribution in [-0.4, -0.2) is 70.6 Å². The van der Waals surface area contributed by atoms with E-state index in [4.69, 9.17) is 4.52 Å². The molecule has 1 saturated heterocycles. The molecule has 150 valence electrons. The average Bonchev–Trinajstić information content (AvgIpc) is 3.34. The van der Waals surface area contributed by atoms with Gasteiger partial charge in [0.25, 0.3) is 5.91 Å². The minimum Gasteiger partial charge on any atom is -0.339 e. The van der Waals surface area contributed by atoms with Crippen LogP contribution in [0.3, 0.4) is 0 Å². The Morgan fingerprint density at radius 3 is 2.71 bits per heavy atom. The molecule has 3 heterocycles. The van der Waals surface area contributed by atoms with Gasteiger partial charge in [0.1, 0.15) is 0 Å². The third-order valence-electron chi connectivity index (χ3n) is 5.07. The van der Waals surface area contributed by atoms with Crippen molar-refractivity contribution in [1.29, 1.82) is 0 Å². The van der Waals surface area contributed by atoms with Gasteiger partial charge in [-0.25, -0.2) is 8.42 Å². The van der Waals surface area contributed by atoms with E-state index in [2.05, 4.69) is 15.1 Å². The average molecular weight is 405 g/mol. The van der Waals surface area contributed by atoms with E-state index in [0.717, 1.165) is 18.4 Å². The fourth-order valence-corrected chi connectivity index (χ4v) is 4.45. The topological polar surface area (TPSA) is 110 Å². The molecule has 0 spiro atoms. The Balaban J connectivity index is 1.37. The number of amides is 1. The van der Waals surface area contributed by atoms with Gasteiger partial charge in [0.05, 0.1) is 17.9 Å². The van der Waals surface area contributed by atoms with Crippen molar-refractivity contribution in [3.05, 3.63) is 41.3 Å². The molecule has 2 fully saturated rings. The van der Waals surface area contributed by atoms with Crippen molar-refractivity contribution in [1.82, 2.24) is 24.3 Å². The van der Waals surface area contributed by atoms with E-state index >= 15 is 0 Å². The second-order valence-electron chi connectivity index (χ2n) is 7.56. The lowest BCUT2D eigenvalue weighted by Crippen LogP contribution is -2.62. The molecule has 2 aromatic heterocycles. The normalized spacial score (nSPS) is 17.8. The molecule has 0 aromatic carbocycles. The van der Waals surface area contributed by atoms with Crippen molar-refractivity contribution >= 4 is 15.9 Å². The van der Waals surface area contributed by atoms with Gasteiger partial charge in [-0.3, -0.25) is 9.78 Å². The minimum absolute atomic E-state index is 0.131. The molecule has 9 nitrogen and oxygen atoms in total. The Morgan fingerprint density at radius 2 is 2.07 bits per heavy atom. The molecule has 0 radical (unpaired) electrons. The molecule has 0 atom stereocenters. The number of hydrogen-bond acceptors (Lipinski definition) is 7. The maximum atomic E-state index is 12.5. The number of hydrogen-bond donors (Lipinski definition) is 0. The summed E-state index contributed by atoms with van der Waals surface area (Å²) in [5.74, 6) is 1.41. The lowest BCUT2D eigenvalue weighted by molar-refractivity contribution is 0.0453. The lowest BCUT2D eigenvalue weighted by Gasteiger charge is -2.44. The number of carbonyl (C=O) groups is 1. The van der Waals surface area contributed by atoms with Gasteiger partial charge in [-0.15, -0.1) is 0 Å². The Hall–Kier alpha value is -2.33. The van der Waals surface area contributed by atoms with Crippen LogP contribution >= 0.6 is 0 Å². The molecule has 4 rings (SSSR count). The van der Waals surface area contributed by atoms with Gasteiger partial charge in [-0.2, -0.15) is 9.29 Å². The summed E-state index contributed by atoms with van der Waals surface area (Å²) in [5, 5.41) is 3.95. The SMILES string of the molecule is Cc1cncc(C(=O)N2CC(N(CCc3noc(C4CC4)n3)S(C)(=O)=O)C2)c1. The van der Waals surface area contributed by atoms with Crippen LogP contribution in [0.4, 0.5) is 0 Å². The second-order valence-corrected chi connectivity index (χ2v) is 9.50. The standard InChI is InChI=1S/C18H23N5O4S/c1-12-7-14(9-19-8-12)18(24)22-10-15(11-22)23(28(2,25)26)6-5-16-20-17(27-21-16)13-3-4-13/h7-9,13,15H,3-6,10-11H2,1-2H3. The van der Waals surface area contributed by atoms with E-state index in [1.165, 1.54) is 16.8 Å². The first-order valence-corrected chi connectivity index (χ1v) is 11.2. The van der Waals surface area contributed by atoms with Gasteiger partial charge in [0.2, 0.25) is 15.9 Å². The van der Waals surface area contributed by atoms with E-state index in [-0.39, 0.29) is 18.5 Å². The quantitative estimate of drug-likeness (QED) is 0.675. The van der Waals surface area contributed by atoms with Crippen molar-refractivity contribution in [2.24, 2.45) is 0 Å². The first kappa shape index (κ1) is 19.0. The molecule has 1 saturated carbocycles. The number of rotatable bonds is 7. The molecule has 0 unspecified atom stereocenters. The predicted molar refractivity (Wildman–Crippen MR) is 100 cm³/mol. The summed E-state index contributed by atoms with van der Waals surface area (Å²) in [6.45, 7) is 2.86. The van der Waals surface area contributed by atoms with Crippen LogP contribution in [0.2, 0.25) is 0 Å². The maximum absolute atomic E-state index is 12.5. The van der Waals surface area contributed by atoms with Crippen molar-refractivity contribution in [3.8, 4) is 0 Å². The molecule has 0 bridgehead atoms. The zero-order chi connectivity index (χ0) is 19.9. The molecule has 1 aliphatic heterocycles. The number of likely N-dealkylation sites (tertiary alicyclic amines) is 1. The molecule has 2 aromatic rings. The summed E-state index contributed by atoms with van der Waals surface area (Å²) in [5.41, 5.74) is 1.43. The molecular weight excluding hydrogens is 382 g/mol. The molecular formula is C18H23N5O4S. The van der Waals surface area contributed by atoms with Gasteiger partial charge in [0.15, 0.2) is 5.82 Å². The van der Waals surface area contributed by atoms with Crippen LogP contribution < -0.4 is 0 Å². The van der Waals surface area contributed by atoms with Gasteiger partial charge < -0.3 is 9.42 Å². The molecule has 10 heteroatoms. The van der Waals surface area contributed by atoms with Gasteiger partial charge >= 0.3 is 0 Å². The third kappa shape index (κ3) is 4.07. The highest BCUT2D eigenvalue weighted by molar-refractivity contribution is 7.88. The lowest BCUT2D eigenvalue weighted by atomic mass is 10.1. The van der Waals surface area contributed by atoms with Crippen molar-refractivity contribution in [3.63, 3.8) is 0 Å². The van der Waals surface area contributed by atoms with E-state index in [1.807, 2.05) is 6.92 Å². The number of aromatic nitrogens is 3. The van der Waals surface area contributed by atoms with Gasteiger partial charge in [0, 0.05) is 44.4 Å². The zero-order valence-corrected chi connectivity index (χ0v) is 16.7. The smallest absolute Gasteiger partial charge is 0.255 e. The summed E-state index contributed by atoms with van der Waals surface area (Å²) < 4.78 is 31.2. The second kappa shape index (κ2) is 7.25. The third-order valence-corrected chi connectivity index (χ3v) is 6.40. The van der Waals surface area contributed by atoms with E-state index in [1.54, 1.807) is 17.2 Å². The van der Waals surface area contributed by atoms with E-state index in [0.29, 0.717) is 42.7 Å². The minimum atomic E-state index is -3.42. The largest absolute Gasteiger partial charge is 0.339 e. The highest BCUT2D eigenvalue weighted by Crippen LogP contribution is 2.38.